The van der Waals surface area contributed by atoms with Gasteiger partial charge in [-0.1, -0.05) is 38.1 Å². The molecule has 4 aromatic rings. The summed E-state index contributed by atoms with van der Waals surface area (Å²) in [5.41, 5.74) is 4.83. The highest BCUT2D eigenvalue weighted by molar-refractivity contribution is 7.07. The van der Waals surface area contributed by atoms with Crippen molar-refractivity contribution in [3.8, 4) is 34.2 Å². The van der Waals surface area contributed by atoms with Crippen LogP contribution in [0.5, 0.6) is 17.2 Å². The molecule has 2 atom stereocenters. The van der Waals surface area contributed by atoms with Gasteiger partial charge in [0.2, 0.25) is 10.6 Å². The van der Waals surface area contributed by atoms with E-state index < -0.39 is 0 Å². The molecule has 2 aromatic heterocycles. The van der Waals surface area contributed by atoms with Crippen molar-refractivity contribution in [2.45, 2.75) is 33.6 Å². The van der Waals surface area contributed by atoms with Crippen LogP contribution in [0.3, 0.4) is 0 Å². The Labute approximate surface area is 255 Å². The van der Waals surface area contributed by atoms with Crippen LogP contribution in [0.4, 0.5) is 5.69 Å². The van der Waals surface area contributed by atoms with Crippen LogP contribution < -0.4 is 24.6 Å². The predicted molar refractivity (Wildman–Crippen MR) is 170 cm³/mol. The summed E-state index contributed by atoms with van der Waals surface area (Å²) < 4.78 is 22.1. The van der Waals surface area contributed by atoms with E-state index in [2.05, 4.69) is 19.9 Å². The summed E-state index contributed by atoms with van der Waals surface area (Å²) in [4.78, 5) is 19.2. The van der Waals surface area contributed by atoms with E-state index in [1.807, 2.05) is 77.4 Å². The number of rotatable bonds is 8. The monoisotopic (exact) mass is 599 g/mol. The van der Waals surface area contributed by atoms with Gasteiger partial charge in [0.25, 0.3) is 5.56 Å². The van der Waals surface area contributed by atoms with Crippen molar-refractivity contribution < 1.29 is 14.2 Å². The van der Waals surface area contributed by atoms with Gasteiger partial charge in [0.05, 0.1) is 44.6 Å². The summed E-state index contributed by atoms with van der Waals surface area (Å²) in [7, 11) is 6.65. The van der Waals surface area contributed by atoms with E-state index in [9.17, 15) is 4.79 Å². The molecule has 0 N–H and O–H groups in total. The standard InChI is InChI=1S/C33H37N5O4S/c1-20-29(31(39)38(36(20)4)24-11-9-8-10-12-24)35-32-37(34-18-21-13-14-23-17-25(21)33(23,2)3)26(19-43-32)22-15-27(40-5)30(42-7)28(16-22)41-6/h8-13,15-16,18-19,23,25H,14,17H2,1-7H3. The molecule has 10 heteroatoms. The van der Waals surface area contributed by atoms with Crippen LogP contribution in [-0.2, 0) is 7.05 Å². The van der Waals surface area contributed by atoms with E-state index in [-0.39, 0.29) is 11.0 Å². The average Bonchev–Trinajstić information content (AvgIpc) is 3.52. The van der Waals surface area contributed by atoms with Crippen LogP contribution in [0.25, 0.3) is 16.9 Å². The molecule has 9 nitrogen and oxygen atoms in total. The number of para-hydroxylation sites is 1. The highest BCUT2D eigenvalue weighted by atomic mass is 32.1. The lowest BCUT2D eigenvalue weighted by Crippen LogP contribution is -2.48. The molecule has 2 unspecified atom stereocenters. The number of aromatic nitrogens is 3. The van der Waals surface area contributed by atoms with Gasteiger partial charge < -0.3 is 14.2 Å². The zero-order valence-electron chi connectivity index (χ0n) is 25.6. The van der Waals surface area contributed by atoms with Crippen molar-refractivity contribution in [1.82, 2.24) is 14.0 Å². The van der Waals surface area contributed by atoms with Gasteiger partial charge in [-0.15, -0.1) is 11.3 Å². The van der Waals surface area contributed by atoms with Crippen LogP contribution in [0.2, 0.25) is 0 Å². The number of benzene rings is 2. The van der Waals surface area contributed by atoms with Crippen molar-refractivity contribution in [3.63, 3.8) is 0 Å². The number of thiazole rings is 1. The predicted octanol–water partition coefficient (Wildman–Crippen LogP) is 6.10. The summed E-state index contributed by atoms with van der Waals surface area (Å²) in [6.45, 7) is 6.61. The Hall–Kier alpha value is -4.31. The zero-order valence-corrected chi connectivity index (χ0v) is 26.4. The third-order valence-corrected chi connectivity index (χ3v) is 10.0. The summed E-state index contributed by atoms with van der Waals surface area (Å²) in [5, 5.41) is 7.00. The van der Waals surface area contributed by atoms with E-state index in [4.69, 9.17) is 24.3 Å². The summed E-state index contributed by atoms with van der Waals surface area (Å²) in [6.07, 6.45) is 6.54. The Balaban J connectivity index is 1.53. The van der Waals surface area contributed by atoms with E-state index in [1.54, 1.807) is 26.0 Å². The second-order valence-electron chi connectivity index (χ2n) is 11.6. The minimum atomic E-state index is -0.193. The van der Waals surface area contributed by atoms with Crippen LogP contribution in [0, 0.1) is 24.2 Å². The van der Waals surface area contributed by atoms with Crippen LogP contribution in [0.15, 0.2) is 74.4 Å². The molecule has 0 aliphatic heterocycles. The maximum Gasteiger partial charge on any atom is 0.297 e. The topological polar surface area (TPSA) is 84.3 Å². The zero-order chi connectivity index (χ0) is 30.5. The number of ether oxygens (including phenoxy) is 3. The van der Waals surface area contributed by atoms with Crippen LogP contribution >= 0.6 is 11.3 Å². The number of hydrogen-bond donors (Lipinski definition) is 0. The molecule has 43 heavy (non-hydrogen) atoms. The molecule has 2 aromatic carbocycles. The SMILES string of the molecule is COc1cc(-c2csc(=Nc3c(C)n(C)n(-c4ccccc4)c3=O)n2N=CC2=CCC3CC2C3(C)C)cc(OC)c1OC. The minimum absolute atomic E-state index is 0.193. The highest BCUT2D eigenvalue weighted by Gasteiger charge is 2.50. The van der Waals surface area contributed by atoms with Gasteiger partial charge in [-0.3, -0.25) is 9.48 Å². The molecule has 7 rings (SSSR count). The maximum atomic E-state index is 13.7. The molecule has 224 valence electrons. The average molecular weight is 600 g/mol. The van der Waals surface area contributed by atoms with Crippen LogP contribution in [-0.4, -0.2) is 41.6 Å². The lowest BCUT2D eigenvalue weighted by atomic mass is 9.49. The van der Waals surface area contributed by atoms with Crippen molar-refractivity contribution in [2.75, 3.05) is 21.3 Å². The molecular formula is C33H37N5O4S. The van der Waals surface area contributed by atoms with Crippen LogP contribution in [0.1, 0.15) is 32.4 Å². The molecular weight excluding hydrogens is 562 g/mol. The van der Waals surface area contributed by atoms with Crippen molar-refractivity contribution in [1.29, 1.82) is 0 Å². The molecule has 2 bridgehead atoms. The lowest BCUT2D eigenvalue weighted by molar-refractivity contribution is -0.00126. The van der Waals surface area contributed by atoms with Gasteiger partial charge in [0, 0.05) is 18.0 Å². The van der Waals surface area contributed by atoms with E-state index in [0.717, 1.165) is 35.0 Å². The fourth-order valence-corrected chi connectivity index (χ4v) is 7.21. The number of nitrogens with zero attached hydrogens (tertiary/aromatic N) is 5. The Morgan fingerprint density at radius 1 is 1.05 bits per heavy atom. The summed E-state index contributed by atoms with van der Waals surface area (Å²) >= 11 is 1.42. The Morgan fingerprint density at radius 3 is 2.35 bits per heavy atom. The highest BCUT2D eigenvalue weighted by Crippen LogP contribution is 2.58. The molecule has 2 heterocycles. The normalized spacial score (nSPS) is 19.3. The molecule has 0 saturated heterocycles. The molecule has 0 radical (unpaired) electrons. The first kappa shape index (κ1) is 28.8. The fraction of sp³-hybridized carbons (Fsp3) is 0.364. The second kappa shape index (κ2) is 11.1. The van der Waals surface area contributed by atoms with E-state index in [1.165, 1.54) is 23.3 Å². The third kappa shape index (κ3) is 4.74. The number of allylic oxidation sites excluding steroid dienone is 2. The van der Waals surface area contributed by atoms with Crippen molar-refractivity contribution in [2.24, 2.45) is 34.4 Å². The number of fused-ring (bicyclic) bond motifs is 1. The van der Waals surface area contributed by atoms with Gasteiger partial charge in [0.15, 0.2) is 17.2 Å². The Bertz CT molecular complexity index is 1850. The first-order valence-electron chi connectivity index (χ1n) is 14.3. The number of hydrogen-bond acceptors (Lipinski definition) is 7. The molecule has 1 fully saturated rings. The van der Waals surface area contributed by atoms with Gasteiger partial charge in [-0.05, 0) is 66.9 Å². The largest absolute Gasteiger partial charge is 0.493 e. The van der Waals surface area contributed by atoms with Gasteiger partial charge in [0.1, 0.15) is 0 Å². The number of methoxy groups -OCH3 is 3. The molecule has 1 saturated carbocycles. The van der Waals surface area contributed by atoms with Crippen molar-refractivity contribution >= 4 is 23.2 Å². The van der Waals surface area contributed by atoms with E-state index >= 15 is 0 Å². The smallest absolute Gasteiger partial charge is 0.297 e. The first-order chi connectivity index (χ1) is 20.7. The van der Waals surface area contributed by atoms with E-state index in [0.29, 0.717) is 33.7 Å². The first-order valence-corrected chi connectivity index (χ1v) is 15.2. The molecule has 3 aliphatic carbocycles. The Morgan fingerprint density at radius 2 is 1.74 bits per heavy atom. The van der Waals surface area contributed by atoms with Gasteiger partial charge >= 0.3 is 0 Å². The second-order valence-corrected chi connectivity index (χ2v) is 12.5. The quantitative estimate of drug-likeness (QED) is 0.229. The fourth-order valence-electron chi connectivity index (χ4n) is 6.36. The minimum Gasteiger partial charge on any atom is -0.493 e. The molecule has 3 aliphatic rings. The van der Waals surface area contributed by atoms with Gasteiger partial charge in [-0.2, -0.15) is 5.10 Å². The van der Waals surface area contributed by atoms with Gasteiger partial charge in [-0.25, -0.2) is 14.4 Å². The Kier molecular flexibility index (Phi) is 7.41. The maximum absolute atomic E-state index is 13.7. The third-order valence-electron chi connectivity index (χ3n) is 9.21. The molecule has 0 amide bonds. The summed E-state index contributed by atoms with van der Waals surface area (Å²) in [5.74, 6) is 2.81. The molecule has 0 spiro atoms. The van der Waals surface area contributed by atoms with Crippen molar-refractivity contribution in [3.05, 3.63) is 80.3 Å². The summed E-state index contributed by atoms with van der Waals surface area (Å²) in [6, 6.07) is 13.4. The lowest BCUT2D eigenvalue weighted by Gasteiger charge is -2.55.